The van der Waals surface area contributed by atoms with Crippen LogP contribution in [0.15, 0.2) is 24.7 Å². The third-order valence-corrected chi connectivity index (χ3v) is 2.95. The molecule has 108 valence electrons. The van der Waals surface area contributed by atoms with Crippen LogP contribution < -0.4 is 11.5 Å². The molecule has 5 N–H and O–H groups in total. The van der Waals surface area contributed by atoms with E-state index in [2.05, 4.69) is 19.9 Å². The second-order valence-corrected chi connectivity index (χ2v) is 4.35. The van der Waals surface area contributed by atoms with Crippen molar-refractivity contribution in [3.63, 3.8) is 0 Å². The van der Waals surface area contributed by atoms with Gasteiger partial charge in [0.25, 0.3) is 0 Å². The van der Waals surface area contributed by atoms with Crippen molar-refractivity contribution in [3.05, 3.63) is 30.2 Å². The van der Waals surface area contributed by atoms with Crippen LogP contribution in [0.1, 0.15) is 5.56 Å². The topological polar surface area (TPSA) is 106 Å². The van der Waals surface area contributed by atoms with E-state index in [9.17, 15) is 13.2 Å². The van der Waals surface area contributed by atoms with E-state index < -0.39 is 11.7 Å². The fraction of sp³-hybridized carbons (Fsp3) is 0.0833. The highest BCUT2D eigenvalue weighted by Crippen LogP contribution is 2.35. The molecule has 0 atom stereocenters. The van der Waals surface area contributed by atoms with Gasteiger partial charge in [-0.2, -0.15) is 13.2 Å². The van der Waals surface area contributed by atoms with Gasteiger partial charge in [-0.1, -0.05) is 0 Å². The van der Waals surface area contributed by atoms with Crippen LogP contribution in [0.25, 0.3) is 22.3 Å². The number of nitrogens with two attached hydrogens (primary N) is 2. The summed E-state index contributed by atoms with van der Waals surface area (Å²) in [6.07, 6.45) is -0.931. The number of rotatable bonds is 1. The lowest BCUT2D eigenvalue weighted by Crippen LogP contribution is -2.05. The molecule has 0 aliphatic rings. The number of nitrogens with one attached hydrogen (secondary N) is 1. The van der Waals surface area contributed by atoms with Gasteiger partial charge in [-0.3, -0.25) is 0 Å². The van der Waals surface area contributed by atoms with Crippen LogP contribution >= 0.6 is 0 Å². The molecule has 0 aliphatic carbocycles. The minimum Gasteiger partial charge on any atom is -0.396 e. The first-order valence-electron chi connectivity index (χ1n) is 5.79. The number of anilines is 2. The monoisotopic (exact) mass is 294 g/mol. The lowest BCUT2D eigenvalue weighted by atomic mass is 10.1. The van der Waals surface area contributed by atoms with Crippen molar-refractivity contribution in [2.24, 2.45) is 0 Å². The summed E-state index contributed by atoms with van der Waals surface area (Å²) in [6.45, 7) is 0. The summed E-state index contributed by atoms with van der Waals surface area (Å²) in [5.41, 5.74) is 11.6. The Morgan fingerprint density at radius 3 is 2.57 bits per heavy atom. The average molecular weight is 294 g/mol. The molecule has 9 heteroatoms. The second-order valence-electron chi connectivity index (χ2n) is 4.35. The maximum absolute atomic E-state index is 12.8. The van der Waals surface area contributed by atoms with Crippen molar-refractivity contribution in [2.45, 2.75) is 6.18 Å². The van der Waals surface area contributed by atoms with Crippen LogP contribution in [0.2, 0.25) is 0 Å². The standard InChI is InChI=1S/C12H9F3N6/c13-12(14,15)5-1-6-7(3-19-10(6)18-2-5)9-8(16)4-20-11(17)21-9/h1-4H,16H2,(H,18,19)(H2,17,20,21). The molecule has 3 rings (SSSR count). The van der Waals surface area contributed by atoms with E-state index in [0.29, 0.717) is 11.2 Å². The van der Waals surface area contributed by atoms with Crippen molar-refractivity contribution in [2.75, 3.05) is 11.5 Å². The lowest BCUT2D eigenvalue weighted by molar-refractivity contribution is -0.137. The quantitative estimate of drug-likeness (QED) is 0.638. The summed E-state index contributed by atoms with van der Waals surface area (Å²) in [7, 11) is 0. The molecule has 0 aliphatic heterocycles. The van der Waals surface area contributed by atoms with Gasteiger partial charge in [-0.15, -0.1) is 0 Å². The third-order valence-electron chi connectivity index (χ3n) is 2.95. The number of hydrogen-bond donors (Lipinski definition) is 3. The smallest absolute Gasteiger partial charge is 0.396 e. The number of H-pyrrole nitrogens is 1. The van der Waals surface area contributed by atoms with E-state index in [1.807, 2.05) is 0 Å². The van der Waals surface area contributed by atoms with Gasteiger partial charge in [-0.25, -0.2) is 15.0 Å². The number of aromatic nitrogens is 4. The van der Waals surface area contributed by atoms with Crippen molar-refractivity contribution < 1.29 is 13.2 Å². The van der Waals surface area contributed by atoms with Crippen LogP contribution in [0.3, 0.4) is 0 Å². The molecule has 0 aromatic carbocycles. The SMILES string of the molecule is Nc1ncc(N)c(-c2c[nH]c3ncc(C(F)(F)F)cc23)n1. The Balaban J connectivity index is 2.26. The fourth-order valence-electron chi connectivity index (χ4n) is 1.97. The Morgan fingerprint density at radius 2 is 1.86 bits per heavy atom. The summed E-state index contributed by atoms with van der Waals surface area (Å²) < 4.78 is 38.3. The molecule has 0 unspecified atom stereocenters. The van der Waals surface area contributed by atoms with Crippen molar-refractivity contribution in [3.8, 4) is 11.3 Å². The maximum atomic E-state index is 12.8. The number of fused-ring (bicyclic) bond motifs is 1. The zero-order valence-corrected chi connectivity index (χ0v) is 10.4. The second kappa shape index (κ2) is 4.33. The minimum absolute atomic E-state index is 0.0199. The summed E-state index contributed by atoms with van der Waals surface area (Å²) in [5.74, 6) is -0.0199. The Kier molecular flexibility index (Phi) is 2.71. The van der Waals surface area contributed by atoms with Gasteiger partial charge in [0.05, 0.1) is 17.4 Å². The van der Waals surface area contributed by atoms with Crippen LogP contribution in [0.5, 0.6) is 0 Å². The molecule has 21 heavy (non-hydrogen) atoms. The van der Waals surface area contributed by atoms with E-state index in [0.717, 1.165) is 12.3 Å². The predicted octanol–water partition coefficient (Wildman–Crippen LogP) is 2.20. The summed E-state index contributed by atoms with van der Waals surface area (Å²) in [6, 6.07) is 0.992. The zero-order valence-electron chi connectivity index (χ0n) is 10.4. The van der Waals surface area contributed by atoms with Crippen LogP contribution in [0, 0.1) is 0 Å². The molecule has 3 heterocycles. The molecule has 0 bridgehead atoms. The van der Waals surface area contributed by atoms with E-state index in [-0.39, 0.29) is 22.7 Å². The number of alkyl halides is 3. The van der Waals surface area contributed by atoms with Crippen molar-refractivity contribution in [1.82, 2.24) is 19.9 Å². The van der Waals surface area contributed by atoms with Gasteiger partial charge >= 0.3 is 6.18 Å². The highest BCUT2D eigenvalue weighted by atomic mass is 19.4. The van der Waals surface area contributed by atoms with Crippen molar-refractivity contribution in [1.29, 1.82) is 0 Å². The molecule has 6 nitrogen and oxygen atoms in total. The molecule has 3 aromatic rings. The molecular formula is C12H9F3N6. The van der Waals surface area contributed by atoms with E-state index >= 15 is 0 Å². The lowest BCUT2D eigenvalue weighted by Gasteiger charge is -2.07. The molecule has 0 fully saturated rings. The number of pyridine rings is 1. The molecule has 0 spiro atoms. The zero-order chi connectivity index (χ0) is 15.2. The first-order chi connectivity index (χ1) is 9.86. The normalized spacial score (nSPS) is 12.0. The molecular weight excluding hydrogens is 285 g/mol. The fourth-order valence-corrected chi connectivity index (χ4v) is 1.97. The summed E-state index contributed by atoms with van der Waals surface area (Å²) in [5, 5.41) is 0.259. The van der Waals surface area contributed by atoms with E-state index in [1.165, 1.54) is 12.4 Å². The molecule has 3 aromatic heterocycles. The molecule has 0 amide bonds. The van der Waals surface area contributed by atoms with Crippen LogP contribution in [0.4, 0.5) is 24.8 Å². The number of hydrogen-bond acceptors (Lipinski definition) is 5. The first kappa shape index (κ1) is 13.2. The predicted molar refractivity (Wildman–Crippen MR) is 70.9 cm³/mol. The number of nitrogen functional groups attached to an aromatic ring is 2. The summed E-state index contributed by atoms with van der Waals surface area (Å²) >= 11 is 0. The Hall–Kier alpha value is -2.84. The van der Waals surface area contributed by atoms with Crippen molar-refractivity contribution >= 4 is 22.7 Å². The van der Waals surface area contributed by atoms with Crippen LogP contribution in [-0.4, -0.2) is 19.9 Å². The Bertz CT molecular complexity index is 823. The number of halogens is 3. The van der Waals surface area contributed by atoms with Gasteiger partial charge in [0.2, 0.25) is 5.95 Å². The van der Waals surface area contributed by atoms with Gasteiger partial charge in [0, 0.05) is 23.3 Å². The largest absolute Gasteiger partial charge is 0.417 e. The van der Waals surface area contributed by atoms with Gasteiger partial charge in [0.15, 0.2) is 0 Å². The minimum atomic E-state index is -4.48. The highest BCUT2D eigenvalue weighted by Gasteiger charge is 2.31. The Morgan fingerprint density at radius 1 is 1.10 bits per heavy atom. The van der Waals surface area contributed by atoms with Gasteiger partial charge in [-0.05, 0) is 6.07 Å². The van der Waals surface area contributed by atoms with Gasteiger partial charge in [0.1, 0.15) is 11.3 Å². The maximum Gasteiger partial charge on any atom is 0.417 e. The number of nitrogens with zero attached hydrogens (tertiary/aromatic N) is 3. The molecule has 0 radical (unpaired) electrons. The third kappa shape index (κ3) is 2.22. The van der Waals surface area contributed by atoms with Crippen LogP contribution in [-0.2, 0) is 6.18 Å². The van der Waals surface area contributed by atoms with E-state index in [1.54, 1.807) is 0 Å². The molecule has 0 saturated heterocycles. The molecule has 0 saturated carbocycles. The Labute approximate surface area is 116 Å². The highest BCUT2D eigenvalue weighted by molar-refractivity contribution is 5.95. The summed E-state index contributed by atoms with van der Waals surface area (Å²) in [4.78, 5) is 14.2. The number of aromatic amines is 1. The first-order valence-corrected chi connectivity index (χ1v) is 5.79. The van der Waals surface area contributed by atoms with Gasteiger partial charge < -0.3 is 16.5 Å². The van der Waals surface area contributed by atoms with E-state index in [4.69, 9.17) is 11.5 Å². The average Bonchev–Trinajstić information content (AvgIpc) is 2.83.